The molecule has 7 heteroatoms. The van der Waals surface area contributed by atoms with Gasteiger partial charge in [-0.2, -0.15) is 0 Å². The molecule has 0 saturated heterocycles. The number of fused-ring (bicyclic) bond motifs is 1. The SMILES string of the molecule is COc1ccc2c(c1)c(CC(=O)N(CC1CC1)c1nccs1)c(C)n2C(=O)c1ccccc1. The summed E-state index contributed by atoms with van der Waals surface area (Å²) in [5.41, 5.74) is 2.98. The molecule has 0 unspecified atom stereocenters. The van der Waals surface area contributed by atoms with Crippen molar-refractivity contribution in [3.8, 4) is 5.75 Å². The molecule has 33 heavy (non-hydrogen) atoms. The van der Waals surface area contributed by atoms with E-state index in [4.69, 9.17) is 4.74 Å². The summed E-state index contributed by atoms with van der Waals surface area (Å²) in [5, 5.41) is 3.48. The van der Waals surface area contributed by atoms with E-state index in [-0.39, 0.29) is 18.2 Å². The van der Waals surface area contributed by atoms with Crippen molar-refractivity contribution in [3.63, 3.8) is 0 Å². The standard InChI is InChI=1S/C26H25N3O3S/c1-17-21(15-24(30)28(16-18-8-9-18)26-27-12-13-33-26)22-14-20(32-2)10-11-23(22)29(17)25(31)19-6-4-3-5-7-19/h3-7,10-14,18H,8-9,15-16H2,1-2H3. The van der Waals surface area contributed by atoms with Crippen LogP contribution in [0.4, 0.5) is 5.13 Å². The van der Waals surface area contributed by atoms with Crippen LogP contribution in [0.15, 0.2) is 60.1 Å². The maximum absolute atomic E-state index is 13.5. The molecule has 2 aromatic heterocycles. The first-order chi connectivity index (χ1) is 16.1. The fourth-order valence-electron chi connectivity index (χ4n) is 4.23. The Hall–Kier alpha value is -3.45. The Morgan fingerprint density at radius 1 is 1.18 bits per heavy atom. The highest BCUT2D eigenvalue weighted by Crippen LogP contribution is 2.34. The summed E-state index contributed by atoms with van der Waals surface area (Å²) in [6.45, 7) is 2.60. The number of ether oxygens (including phenoxy) is 1. The van der Waals surface area contributed by atoms with Crippen molar-refractivity contribution in [2.75, 3.05) is 18.6 Å². The average molecular weight is 460 g/mol. The Morgan fingerprint density at radius 2 is 1.97 bits per heavy atom. The third kappa shape index (κ3) is 4.16. The fourth-order valence-corrected chi connectivity index (χ4v) is 4.89. The lowest BCUT2D eigenvalue weighted by atomic mass is 10.1. The van der Waals surface area contributed by atoms with Gasteiger partial charge in [0, 0.05) is 34.8 Å². The zero-order valence-corrected chi connectivity index (χ0v) is 19.5. The van der Waals surface area contributed by atoms with Gasteiger partial charge >= 0.3 is 0 Å². The largest absolute Gasteiger partial charge is 0.497 e. The maximum Gasteiger partial charge on any atom is 0.262 e. The molecule has 0 N–H and O–H groups in total. The number of thiazole rings is 1. The van der Waals surface area contributed by atoms with Gasteiger partial charge in [0.05, 0.1) is 19.0 Å². The molecule has 1 aliphatic rings. The first-order valence-electron chi connectivity index (χ1n) is 11.0. The van der Waals surface area contributed by atoms with Crippen LogP contribution in [-0.2, 0) is 11.2 Å². The van der Waals surface area contributed by atoms with Gasteiger partial charge in [0.2, 0.25) is 5.91 Å². The zero-order chi connectivity index (χ0) is 22.9. The summed E-state index contributed by atoms with van der Waals surface area (Å²) in [4.78, 5) is 33.2. The second kappa shape index (κ2) is 8.83. The van der Waals surface area contributed by atoms with Crippen molar-refractivity contribution in [3.05, 3.63) is 76.9 Å². The van der Waals surface area contributed by atoms with E-state index in [0.717, 1.165) is 40.1 Å². The number of rotatable bonds is 7. The first-order valence-corrected chi connectivity index (χ1v) is 11.9. The van der Waals surface area contributed by atoms with E-state index in [1.807, 2.05) is 65.7 Å². The predicted molar refractivity (Wildman–Crippen MR) is 130 cm³/mol. The third-order valence-electron chi connectivity index (χ3n) is 6.18. The molecule has 0 bridgehead atoms. The molecule has 0 aliphatic heterocycles. The highest BCUT2D eigenvalue weighted by atomic mass is 32.1. The highest BCUT2D eigenvalue weighted by molar-refractivity contribution is 7.13. The minimum Gasteiger partial charge on any atom is -0.497 e. The second-order valence-electron chi connectivity index (χ2n) is 8.39. The molecule has 1 fully saturated rings. The Morgan fingerprint density at radius 3 is 2.64 bits per heavy atom. The van der Waals surface area contributed by atoms with Crippen molar-refractivity contribution in [2.24, 2.45) is 5.92 Å². The Labute approximate surface area is 196 Å². The Balaban J connectivity index is 1.57. The van der Waals surface area contributed by atoms with Crippen LogP contribution < -0.4 is 9.64 Å². The summed E-state index contributed by atoms with van der Waals surface area (Å²) in [7, 11) is 1.62. The number of carbonyl (C=O) groups is 2. The van der Waals surface area contributed by atoms with Gasteiger partial charge in [-0.25, -0.2) is 4.98 Å². The van der Waals surface area contributed by atoms with Gasteiger partial charge in [0.25, 0.3) is 5.91 Å². The van der Waals surface area contributed by atoms with E-state index in [9.17, 15) is 9.59 Å². The van der Waals surface area contributed by atoms with E-state index in [1.54, 1.807) is 17.9 Å². The summed E-state index contributed by atoms with van der Waals surface area (Å²) in [5.74, 6) is 1.11. The summed E-state index contributed by atoms with van der Waals surface area (Å²) < 4.78 is 7.16. The van der Waals surface area contributed by atoms with E-state index < -0.39 is 0 Å². The van der Waals surface area contributed by atoms with E-state index in [0.29, 0.717) is 23.8 Å². The molecule has 6 nitrogen and oxygen atoms in total. The van der Waals surface area contributed by atoms with Gasteiger partial charge < -0.3 is 4.74 Å². The quantitative estimate of drug-likeness (QED) is 0.386. The lowest BCUT2D eigenvalue weighted by Gasteiger charge is -2.20. The maximum atomic E-state index is 13.5. The number of nitrogens with zero attached hydrogens (tertiary/aromatic N) is 3. The number of carbonyl (C=O) groups excluding carboxylic acids is 2. The number of hydrogen-bond donors (Lipinski definition) is 0. The molecular weight excluding hydrogens is 434 g/mol. The summed E-state index contributed by atoms with van der Waals surface area (Å²) in [6, 6.07) is 14.9. The number of anilines is 1. The second-order valence-corrected chi connectivity index (χ2v) is 9.27. The highest BCUT2D eigenvalue weighted by Gasteiger charge is 2.30. The smallest absolute Gasteiger partial charge is 0.262 e. The van der Waals surface area contributed by atoms with Gasteiger partial charge in [-0.15, -0.1) is 11.3 Å². The average Bonchev–Trinajstić information content (AvgIpc) is 3.42. The lowest BCUT2D eigenvalue weighted by Crippen LogP contribution is -2.34. The number of hydrogen-bond acceptors (Lipinski definition) is 5. The van der Waals surface area contributed by atoms with Crippen molar-refractivity contribution in [2.45, 2.75) is 26.2 Å². The molecule has 0 radical (unpaired) electrons. The van der Waals surface area contributed by atoms with Gasteiger partial charge in [-0.3, -0.25) is 19.1 Å². The Kier molecular flexibility index (Phi) is 5.72. The summed E-state index contributed by atoms with van der Waals surface area (Å²) in [6.07, 6.45) is 4.22. The molecule has 168 valence electrons. The van der Waals surface area contributed by atoms with Gasteiger partial charge in [0.1, 0.15) is 5.75 Å². The van der Waals surface area contributed by atoms with Crippen molar-refractivity contribution in [1.82, 2.24) is 9.55 Å². The van der Waals surface area contributed by atoms with Crippen LogP contribution in [-0.4, -0.2) is 35.0 Å². The molecule has 5 rings (SSSR count). The third-order valence-corrected chi connectivity index (χ3v) is 6.98. The minimum absolute atomic E-state index is 0.00557. The molecule has 2 heterocycles. The fraction of sp³-hybridized carbons (Fsp3) is 0.269. The van der Waals surface area contributed by atoms with Crippen LogP contribution in [0.5, 0.6) is 5.75 Å². The molecule has 1 amide bonds. The van der Waals surface area contributed by atoms with Gasteiger partial charge in [0.15, 0.2) is 5.13 Å². The normalized spacial score (nSPS) is 13.3. The van der Waals surface area contributed by atoms with Crippen LogP contribution in [0.2, 0.25) is 0 Å². The van der Waals surface area contributed by atoms with Crippen molar-refractivity contribution in [1.29, 1.82) is 0 Å². The molecule has 0 atom stereocenters. The molecule has 4 aromatic rings. The molecule has 1 aliphatic carbocycles. The van der Waals surface area contributed by atoms with Crippen LogP contribution in [0, 0.1) is 12.8 Å². The zero-order valence-electron chi connectivity index (χ0n) is 18.7. The minimum atomic E-state index is -0.114. The van der Waals surface area contributed by atoms with E-state index in [2.05, 4.69) is 4.98 Å². The van der Waals surface area contributed by atoms with Crippen LogP contribution in [0.3, 0.4) is 0 Å². The number of methoxy groups -OCH3 is 1. The van der Waals surface area contributed by atoms with Crippen molar-refractivity contribution >= 4 is 39.2 Å². The Bertz CT molecular complexity index is 1310. The molecule has 2 aromatic carbocycles. The molecule has 1 saturated carbocycles. The van der Waals surface area contributed by atoms with E-state index >= 15 is 0 Å². The monoisotopic (exact) mass is 459 g/mol. The number of aromatic nitrogens is 2. The van der Waals surface area contributed by atoms with Crippen molar-refractivity contribution < 1.29 is 14.3 Å². The molecular formula is C26H25N3O3S. The van der Waals surface area contributed by atoms with E-state index in [1.165, 1.54) is 11.3 Å². The number of benzene rings is 2. The van der Waals surface area contributed by atoms with Gasteiger partial charge in [-0.05, 0) is 61.6 Å². The molecule has 0 spiro atoms. The van der Waals surface area contributed by atoms with Gasteiger partial charge in [-0.1, -0.05) is 18.2 Å². The first kappa shape index (κ1) is 21.4. The topological polar surface area (TPSA) is 64.4 Å². The number of amides is 1. The van der Waals surface area contributed by atoms with Crippen LogP contribution >= 0.6 is 11.3 Å². The van der Waals surface area contributed by atoms with Crippen LogP contribution in [0.25, 0.3) is 10.9 Å². The predicted octanol–water partition coefficient (Wildman–Crippen LogP) is 5.09. The van der Waals surface area contributed by atoms with Crippen LogP contribution in [0.1, 0.15) is 34.5 Å². The lowest BCUT2D eigenvalue weighted by molar-refractivity contribution is -0.118. The summed E-state index contributed by atoms with van der Waals surface area (Å²) >= 11 is 1.48.